The molecule has 0 saturated heterocycles. The van der Waals surface area contributed by atoms with Crippen LogP contribution in [-0.4, -0.2) is 28.8 Å². The molecule has 0 unspecified atom stereocenters. The third-order valence-electron chi connectivity index (χ3n) is 5.36. The molecular formula is C24H31FN2O2. The van der Waals surface area contributed by atoms with Crippen LogP contribution in [0.3, 0.4) is 0 Å². The predicted octanol–water partition coefficient (Wildman–Crippen LogP) is 4.32. The van der Waals surface area contributed by atoms with Crippen LogP contribution in [0.4, 0.5) is 4.39 Å². The second-order valence-electron chi connectivity index (χ2n) is 7.74. The molecule has 2 atom stereocenters. The van der Waals surface area contributed by atoms with Crippen LogP contribution in [0.25, 0.3) is 0 Å². The minimum atomic E-state index is -0.631. The molecule has 2 aromatic carbocycles. The van der Waals surface area contributed by atoms with Gasteiger partial charge in [-0.05, 0) is 68.5 Å². The fraction of sp³-hybridized carbons (Fsp3) is 0.417. The molecule has 29 heavy (non-hydrogen) atoms. The lowest BCUT2D eigenvalue weighted by Crippen LogP contribution is -2.49. The zero-order valence-electron chi connectivity index (χ0n) is 18.0. The van der Waals surface area contributed by atoms with Crippen LogP contribution in [0.15, 0.2) is 42.5 Å². The zero-order valence-corrected chi connectivity index (χ0v) is 18.0. The van der Waals surface area contributed by atoms with E-state index in [0.29, 0.717) is 0 Å². The molecule has 0 aliphatic rings. The second kappa shape index (κ2) is 10.2. The van der Waals surface area contributed by atoms with Gasteiger partial charge in [0.25, 0.3) is 0 Å². The summed E-state index contributed by atoms with van der Waals surface area (Å²) in [4.78, 5) is 27.4. The van der Waals surface area contributed by atoms with Crippen LogP contribution < -0.4 is 5.32 Å². The van der Waals surface area contributed by atoms with Gasteiger partial charge >= 0.3 is 0 Å². The first kappa shape index (κ1) is 22.6. The average molecular weight is 399 g/mol. The normalized spacial score (nSPS) is 12.9. The first-order chi connectivity index (χ1) is 13.7. The number of aryl methyl sites for hydroxylation is 2. The van der Waals surface area contributed by atoms with Gasteiger partial charge in [-0.3, -0.25) is 9.59 Å². The summed E-state index contributed by atoms with van der Waals surface area (Å²) in [5, 5.41) is 2.95. The van der Waals surface area contributed by atoms with Gasteiger partial charge in [0.1, 0.15) is 11.9 Å². The van der Waals surface area contributed by atoms with Crippen LogP contribution in [0.5, 0.6) is 0 Å². The van der Waals surface area contributed by atoms with E-state index in [0.717, 1.165) is 23.1 Å². The maximum Gasteiger partial charge on any atom is 0.242 e. The van der Waals surface area contributed by atoms with Gasteiger partial charge in [-0.25, -0.2) is 4.39 Å². The molecule has 0 aliphatic carbocycles. The molecule has 0 aliphatic heterocycles. The molecule has 0 saturated carbocycles. The Morgan fingerprint density at radius 3 is 2.21 bits per heavy atom. The highest BCUT2D eigenvalue weighted by Crippen LogP contribution is 2.15. The average Bonchev–Trinajstić information content (AvgIpc) is 2.69. The molecule has 0 radical (unpaired) electrons. The van der Waals surface area contributed by atoms with E-state index in [2.05, 4.69) is 5.32 Å². The maximum absolute atomic E-state index is 13.3. The number of carbonyl (C=O) groups excluding carboxylic acids is 2. The molecule has 0 bridgehead atoms. The number of hydrogen-bond acceptors (Lipinski definition) is 2. The number of benzene rings is 2. The summed E-state index contributed by atoms with van der Waals surface area (Å²) >= 11 is 0. The number of amides is 2. The first-order valence-corrected chi connectivity index (χ1v) is 10.1. The molecule has 2 amide bonds. The molecular weight excluding hydrogens is 367 g/mol. The molecule has 0 spiro atoms. The summed E-state index contributed by atoms with van der Waals surface area (Å²) in [5.74, 6) is -0.649. The van der Waals surface area contributed by atoms with Gasteiger partial charge in [0, 0.05) is 12.6 Å². The molecule has 2 rings (SSSR count). The Morgan fingerprint density at radius 2 is 1.62 bits per heavy atom. The molecule has 4 nitrogen and oxygen atoms in total. The molecule has 1 N–H and O–H groups in total. The second-order valence-corrected chi connectivity index (χ2v) is 7.74. The Hall–Kier alpha value is -2.69. The summed E-state index contributed by atoms with van der Waals surface area (Å²) in [6, 6.07) is 11.4. The van der Waals surface area contributed by atoms with Gasteiger partial charge < -0.3 is 10.2 Å². The van der Waals surface area contributed by atoms with Crippen molar-refractivity contribution in [2.75, 3.05) is 0 Å². The van der Waals surface area contributed by atoms with Gasteiger partial charge in [0.05, 0.1) is 6.42 Å². The molecule has 2 aromatic rings. The number of hydrogen-bond donors (Lipinski definition) is 1. The number of nitrogens with zero attached hydrogens (tertiary/aromatic N) is 1. The Morgan fingerprint density at radius 1 is 1.00 bits per heavy atom. The van der Waals surface area contributed by atoms with E-state index < -0.39 is 6.04 Å². The minimum absolute atomic E-state index is 0.0347. The van der Waals surface area contributed by atoms with Crippen molar-refractivity contribution < 1.29 is 14.0 Å². The van der Waals surface area contributed by atoms with Gasteiger partial charge in [-0.15, -0.1) is 0 Å². The summed E-state index contributed by atoms with van der Waals surface area (Å²) in [6.45, 7) is 9.96. The molecule has 156 valence electrons. The van der Waals surface area contributed by atoms with E-state index in [4.69, 9.17) is 0 Å². The molecule has 0 heterocycles. The zero-order chi connectivity index (χ0) is 21.6. The van der Waals surface area contributed by atoms with E-state index >= 15 is 0 Å². The van der Waals surface area contributed by atoms with Gasteiger partial charge in [0.2, 0.25) is 11.8 Å². The molecule has 5 heteroatoms. The lowest BCUT2D eigenvalue weighted by Gasteiger charge is -2.30. The van der Waals surface area contributed by atoms with E-state index in [1.807, 2.05) is 45.9 Å². The van der Waals surface area contributed by atoms with Gasteiger partial charge in [-0.1, -0.05) is 37.3 Å². The highest BCUT2D eigenvalue weighted by molar-refractivity contribution is 5.88. The first-order valence-electron chi connectivity index (χ1n) is 10.1. The number of nitrogens with one attached hydrogen (secondary N) is 1. The van der Waals surface area contributed by atoms with Crippen molar-refractivity contribution in [2.24, 2.45) is 0 Å². The van der Waals surface area contributed by atoms with Crippen molar-refractivity contribution in [1.82, 2.24) is 10.2 Å². The highest BCUT2D eigenvalue weighted by Gasteiger charge is 2.26. The quantitative estimate of drug-likeness (QED) is 0.720. The number of rotatable bonds is 8. The SMILES string of the molecule is CC[C@H](C)NC(=O)[C@H](C)N(Cc1ccc(F)cc1)C(=O)Cc1ccc(C)c(C)c1. The summed E-state index contributed by atoms with van der Waals surface area (Å²) in [7, 11) is 0. The summed E-state index contributed by atoms with van der Waals surface area (Å²) in [5.41, 5.74) is 3.99. The van der Waals surface area contributed by atoms with Crippen molar-refractivity contribution in [2.45, 2.75) is 66.1 Å². The third-order valence-corrected chi connectivity index (χ3v) is 5.36. The molecule has 0 fully saturated rings. The fourth-order valence-electron chi connectivity index (χ4n) is 3.02. The molecule has 0 aromatic heterocycles. The van der Waals surface area contributed by atoms with Crippen LogP contribution in [-0.2, 0) is 22.6 Å². The number of halogens is 1. The van der Waals surface area contributed by atoms with Crippen molar-refractivity contribution in [3.63, 3.8) is 0 Å². The van der Waals surface area contributed by atoms with E-state index in [1.165, 1.54) is 17.7 Å². The lowest BCUT2D eigenvalue weighted by molar-refractivity contribution is -0.140. The fourth-order valence-corrected chi connectivity index (χ4v) is 3.02. The Bertz CT molecular complexity index is 848. The van der Waals surface area contributed by atoms with E-state index in [-0.39, 0.29) is 36.6 Å². The Kier molecular flexibility index (Phi) is 7.94. The standard InChI is InChI=1S/C24H31FN2O2/c1-6-18(4)26-24(29)19(5)27(15-20-9-11-22(25)12-10-20)23(28)14-21-8-7-16(2)17(3)13-21/h7-13,18-19H,6,14-15H2,1-5H3,(H,26,29)/t18-,19-/m0/s1. The Labute approximate surface area is 173 Å². The topological polar surface area (TPSA) is 49.4 Å². The third kappa shape index (κ3) is 6.41. The predicted molar refractivity (Wildman–Crippen MR) is 114 cm³/mol. The highest BCUT2D eigenvalue weighted by atomic mass is 19.1. The van der Waals surface area contributed by atoms with E-state index in [1.54, 1.807) is 24.0 Å². The minimum Gasteiger partial charge on any atom is -0.352 e. The van der Waals surface area contributed by atoms with Gasteiger partial charge in [-0.2, -0.15) is 0 Å². The Balaban J connectivity index is 2.23. The largest absolute Gasteiger partial charge is 0.352 e. The monoisotopic (exact) mass is 398 g/mol. The summed E-state index contributed by atoms with van der Waals surface area (Å²) < 4.78 is 13.3. The van der Waals surface area contributed by atoms with Crippen LogP contribution >= 0.6 is 0 Å². The van der Waals surface area contributed by atoms with Crippen molar-refractivity contribution >= 4 is 11.8 Å². The van der Waals surface area contributed by atoms with Crippen molar-refractivity contribution in [3.05, 3.63) is 70.5 Å². The van der Waals surface area contributed by atoms with Crippen LogP contribution in [0.1, 0.15) is 49.4 Å². The van der Waals surface area contributed by atoms with Crippen molar-refractivity contribution in [1.29, 1.82) is 0 Å². The lowest BCUT2D eigenvalue weighted by atomic mass is 10.0. The number of carbonyl (C=O) groups is 2. The van der Waals surface area contributed by atoms with Crippen molar-refractivity contribution in [3.8, 4) is 0 Å². The smallest absolute Gasteiger partial charge is 0.242 e. The summed E-state index contributed by atoms with van der Waals surface area (Å²) in [6.07, 6.45) is 1.02. The van der Waals surface area contributed by atoms with Crippen LogP contribution in [0, 0.1) is 19.7 Å². The van der Waals surface area contributed by atoms with Crippen LogP contribution in [0.2, 0.25) is 0 Å². The van der Waals surface area contributed by atoms with Gasteiger partial charge in [0.15, 0.2) is 0 Å². The maximum atomic E-state index is 13.3. The van der Waals surface area contributed by atoms with E-state index in [9.17, 15) is 14.0 Å².